The van der Waals surface area contributed by atoms with Gasteiger partial charge in [-0.25, -0.2) is 0 Å². The number of ether oxygens (including phenoxy) is 1. The van der Waals surface area contributed by atoms with Gasteiger partial charge in [-0.2, -0.15) is 0 Å². The van der Waals surface area contributed by atoms with Crippen LogP contribution in [0.15, 0.2) is 30.3 Å². The molecule has 0 spiro atoms. The quantitative estimate of drug-likeness (QED) is 0.777. The minimum Gasteiger partial charge on any atom is -0.497 e. The predicted octanol–water partition coefficient (Wildman–Crippen LogP) is 0.959. The number of nitrogens with one attached hydrogen (secondary N) is 2. The highest BCUT2D eigenvalue weighted by Crippen LogP contribution is 2.12. The number of rotatable bonds is 5. The number of benzene rings is 1. The van der Waals surface area contributed by atoms with E-state index in [1.807, 2.05) is 24.3 Å². The first-order valence-electron chi connectivity index (χ1n) is 5.91. The van der Waals surface area contributed by atoms with E-state index >= 15 is 0 Å². The van der Waals surface area contributed by atoms with Crippen LogP contribution >= 0.6 is 0 Å². The highest BCUT2D eigenvalue weighted by molar-refractivity contribution is 5.95. The molecule has 0 saturated carbocycles. The maximum atomic E-state index is 11.6. The van der Waals surface area contributed by atoms with Crippen molar-refractivity contribution in [2.24, 2.45) is 0 Å². The Morgan fingerprint density at radius 2 is 1.89 bits per heavy atom. The third-order valence-corrected chi connectivity index (χ3v) is 2.54. The van der Waals surface area contributed by atoms with Gasteiger partial charge in [0.05, 0.1) is 7.11 Å². The van der Waals surface area contributed by atoms with E-state index in [1.165, 1.54) is 13.1 Å². The highest BCUT2D eigenvalue weighted by Gasteiger charge is 2.11. The third-order valence-electron chi connectivity index (χ3n) is 2.54. The molecule has 1 rings (SSSR count). The molecule has 1 atom stereocenters. The van der Waals surface area contributed by atoms with Crippen LogP contribution in [-0.4, -0.2) is 32.0 Å². The van der Waals surface area contributed by atoms with E-state index in [0.29, 0.717) is 0 Å². The van der Waals surface area contributed by atoms with Crippen LogP contribution in [0.3, 0.4) is 0 Å². The van der Waals surface area contributed by atoms with Gasteiger partial charge < -0.3 is 15.4 Å². The average molecular weight is 262 g/mol. The summed E-state index contributed by atoms with van der Waals surface area (Å²) in [5, 5.41) is 5.03. The molecular weight excluding hydrogens is 244 g/mol. The van der Waals surface area contributed by atoms with Crippen molar-refractivity contribution in [3.63, 3.8) is 0 Å². The minimum absolute atomic E-state index is 0.230. The Bertz CT molecular complexity index is 466. The Morgan fingerprint density at radius 1 is 1.26 bits per heavy atom. The lowest BCUT2D eigenvalue weighted by Gasteiger charge is -2.10. The molecule has 2 amide bonds. The summed E-state index contributed by atoms with van der Waals surface area (Å²) in [6.07, 6.45) is 3.06. The molecule has 0 aliphatic carbocycles. The van der Waals surface area contributed by atoms with Crippen LogP contribution in [0.2, 0.25) is 0 Å². The summed E-state index contributed by atoms with van der Waals surface area (Å²) in [5.74, 6) is 0.216. The lowest BCUT2D eigenvalue weighted by atomic mass is 10.2. The summed E-state index contributed by atoms with van der Waals surface area (Å²) in [4.78, 5) is 22.8. The van der Waals surface area contributed by atoms with Crippen molar-refractivity contribution >= 4 is 17.9 Å². The molecule has 0 aliphatic rings. The number of amides is 2. The number of likely N-dealkylation sites (N-methyl/N-ethyl adjacent to an activating group) is 1. The van der Waals surface area contributed by atoms with Crippen molar-refractivity contribution in [1.82, 2.24) is 10.6 Å². The van der Waals surface area contributed by atoms with E-state index in [-0.39, 0.29) is 11.8 Å². The second-order valence-corrected chi connectivity index (χ2v) is 3.95. The molecule has 0 aromatic heterocycles. The van der Waals surface area contributed by atoms with Crippen LogP contribution in [0.1, 0.15) is 12.5 Å². The zero-order chi connectivity index (χ0) is 14.3. The molecule has 102 valence electrons. The van der Waals surface area contributed by atoms with Gasteiger partial charge in [-0.1, -0.05) is 12.1 Å². The zero-order valence-electron chi connectivity index (χ0n) is 11.3. The Labute approximate surface area is 112 Å². The van der Waals surface area contributed by atoms with Crippen LogP contribution in [-0.2, 0) is 9.59 Å². The number of hydrogen-bond acceptors (Lipinski definition) is 3. The van der Waals surface area contributed by atoms with Crippen LogP contribution in [0, 0.1) is 0 Å². The standard InChI is InChI=1S/C14H18N2O3/c1-10(14(18)15-2)16-13(17)9-6-11-4-7-12(19-3)8-5-11/h4-10H,1-3H3,(H,15,18)(H,16,17). The smallest absolute Gasteiger partial charge is 0.244 e. The van der Waals surface area contributed by atoms with Gasteiger partial charge in [0.25, 0.3) is 0 Å². The number of carbonyl (C=O) groups excluding carboxylic acids is 2. The van der Waals surface area contributed by atoms with Crippen LogP contribution in [0.25, 0.3) is 6.08 Å². The monoisotopic (exact) mass is 262 g/mol. The Balaban J connectivity index is 2.55. The second-order valence-electron chi connectivity index (χ2n) is 3.95. The predicted molar refractivity (Wildman–Crippen MR) is 73.7 cm³/mol. The van der Waals surface area contributed by atoms with Crippen molar-refractivity contribution in [2.75, 3.05) is 14.2 Å². The maximum Gasteiger partial charge on any atom is 0.244 e. The molecule has 2 N–H and O–H groups in total. The van der Waals surface area contributed by atoms with Crippen molar-refractivity contribution < 1.29 is 14.3 Å². The second kappa shape index (κ2) is 7.20. The fourth-order valence-electron chi connectivity index (χ4n) is 1.43. The van der Waals surface area contributed by atoms with Crippen molar-refractivity contribution in [1.29, 1.82) is 0 Å². The summed E-state index contributed by atoms with van der Waals surface area (Å²) in [6, 6.07) is 6.74. The summed E-state index contributed by atoms with van der Waals surface area (Å²) < 4.78 is 5.04. The van der Waals surface area contributed by atoms with Crippen LogP contribution in [0.4, 0.5) is 0 Å². The van der Waals surface area contributed by atoms with Gasteiger partial charge in [-0.05, 0) is 30.7 Å². The maximum absolute atomic E-state index is 11.6. The van der Waals surface area contributed by atoms with E-state index in [1.54, 1.807) is 20.1 Å². The fourth-order valence-corrected chi connectivity index (χ4v) is 1.43. The Kier molecular flexibility index (Phi) is 5.60. The normalized spacial score (nSPS) is 11.9. The fraction of sp³-hybridized carbons (Fsp3) is 0.286. The van der Waals surface area contributed by atoms with E-state index in [9.17, 15) is 9.59 Å². The Morgan fingerprint density at radius 3 is 2.42 bits per heavy atom. The first-order valence-corrected chi connectivity index (χ1v) is 5.91. The van der Waals surface area contributed by atoms with Crippen LogP contribution < -0.4 is 15.4 Å². The molecule has 0 heterocycles. The largest absolute Gasteiger partial charge is 0.497 e. The van der Waals surface area contributed by atoms with Crippen molar-refractivity contribution in [2.45, 2.75) is 13.0 Å². The number of hydrogen-bond donors (Lipinski definition) is 2. The molecule has 0 aliphatic heterocycles. The van der Waals surface area contributed by atoms with E-state index in [2.05, 4.69) is 10.6 Å². The highest BCUT2D eigenvalue weighted by atomic mass is 16.5. The average Bonchev–Trinajstić information content (AvgIpc) is 2.44. The molecule has 0 radical (unpaired) electrons. The molecule has 0 saturated heterocycles. The zero-order valence-corrected chi connectivity index (χ0v) is 11.3. The Hall–Kier alpha value is -2.30. The summed E-state index contributed by atoms with van der Waals surface area (Å²) in [5.41, 5.74) is 0.878. The van der Waals surface area contributed by atoms with E-state index in [4.69, 9.17) is 4.74 Å². The lowest BCUT2D eigenvalue weighted by Crippen LogP contribution is -2.42. The molecule has 5 nitrogen and oxygen atoms in total. The first-order chi connectivity index (χ1) is 9.06. The lowest BCUT2D eigenvalue weighted by molar-refractivity contribution is -0.126. The molecule has 1 aromatic rings. The third kappa shape index (κ3) is 4.83. The summed E-state index contributed by atoms with van der Waals surface area (Å²) in [7, 11) is 3.12. The molecule has 0 fully saturated rings. The molecule has 5 heteroatoms. The molecule has 0 bridgehead atoms. The molecule has 1 unspecified atom stereocenters. The summed E-state index contributed by atoms with van der Waals surface area (Å²) in [6.45, 7) is 1.62. The van der Waals surface area contributed by atoms with Crippen LogP contribution in [0.5, 0.6) is 5.75 Å². The van der Waals surface area contributed by atoms with Gasteiger partial charge in [-0.15, -0.1) is 0 Å². The summed E-state index contributed by atoms with van der Waals surface area (Å²) >= 11 is 0. The number of carbonyl (C=O) groups is 2. The topological polar surface area (TPSA) is 67.4 Å². The van der Waals surface area contributed by atoms with Crippen molar-refractivity contribution in [3.8, 4) is 5.75 Å². The number of methoxy groups -OCH3 is 1. The van der Waals surface area contributed by atoms with Gasteiger partial charge in [-0.3, -0.25) is 9.59 Å². The van der Waals surface area contributed by atoms with E-state index < -0.39 is 6.04 Å². The first kappa shape index (κ1) is 14.8. The van der Waals surface area contributed by atoms with Gasteiger partial charge in [0.15, 0.2) is 0 Å². The van der Waals surface area contributed by atoms with Crippen molar-refractivity contribution in [3.05, 3.63) is 35.9 Å². The van der Waals surface area contributed by atoms with Gasteiger partial charge in [0, 0.05) is 13.1 Å². The van der Waals surface area contributed by atoms with E-state index in [0.717, 1.165) is 11.3 Å². The molecular formula is C14H18N2O3. The molecule has 1 aromatic carbocycles. The molecule has 19 heavy (non-hydrogen) atoms. The van der Waals surface area contributed by atoms with Gasteiger partial charge in [0.2, 0.25) is 11.8 Å². The minimum atomic E-state index is -0.557. The van der Waals surface area contributed by atoms with Gasteiger partial charge >= 0.3 is 0 Å². The SMILES string of the molecule is CNC(=O)C(C)NC(=O)C=Cc1ccc(OC)cc1. The van der Waals surface area contributed by atoms with Gasteiger partial charge in [0.1, 0.15) is 11.8 Å².